The van der Waals surface area contributed by atoms with E-state index < -0.39 is 46.0 Å². The van der Waals surface area contributed by atoms with Gasteiger partial charge in [0.15, 0.2) is 0 Å². The minimum Gasteiger partial charge on any atom is -0.507 e. The summed E-state index contributed by atoms with van der Waals surface area (Å²) in [6.45, 7) is -0.0332. The maximum atomic E-state index is 14.5. The molecule has 0 fully saturated rings. The highest BCUT2D eigenvalue weighted by molar-refractivity contribution is 9.10. The average molecular weight is 479 g/mol. The minimum absolute atomic E-state index is 0.0332. The summed E-state index contributed by atoms with van der Waals surface area (Å²) in [5, 5.41) is 29.9. The van der Waals surface area contributed by atoms with Crippen LogP contribution in [0.15, 0.2) is 53.0 Å². The number of aromatic hydroxyl groups is 1. The van der Waals surface area contributed by atoms with E-state index in [4.69, 9.17) is 10.5 Å². The van der Waals surface area contributed by atoms with Gasteiger partial charge in [0.2, 0.25) is 0 Å². The molecule has 5 nitrogen and oxygen atoms in total. The van der Waals surface area contributed by atoms with Gasteiger partial charge >= 0.3 is 5.97 Å². The molecule has 154 valence electrons. The number of carboxylic acids is 1. The Morgan fingerprint density at radius 1 is 1.00 bits per heavy atom. The molecule has 3 aromatic carbocycles. The molecule has 0 radical (unpaired) electrons. The summed E-state index contributed by atoms with van der Waals surface area (Å²) < 4.78 is 43.6. The molecule has 0 bridgehead atoms. The van der Waals surface area contributed by atoms with Gasteiger partial charge < -0.3 is 15.5 Å². The van der Waals surface area contributed by atoms with Crippen LogP contribution in [-0.4, -0.2) is 21.9 Å². The smallest absolute Gasteiger partial charge is 0.339 e. The van der Waals surface area contributed by atoms with Crippen molar-refractivity contribution in [2.45, 2.75) is 6.54 Å². The van der Waals surface area contributed by atoms with Crippen molar-refractivity contribution in [3.05, 3.63) is 92.7 Å². The van der Waals surface area contributed by atoms with Crippen molar-refractivity contribution >= 4 is 33.3 Å². The summed E-state index contributed by atoms with van der Waals surface area (Å²) in [5.41, 5.74) is -1.70. The van der Waals surface area contributed by atoms with Gasteiger partial charge in [-0.3, -0.25) is 5.41 Å². The molecule has 0 aliphatic heterocycles. The number of anilines is 1. The summed E-state index contributed by atoms with van der Waals surface area (Å²) >= 11 is 3.15. The summed E-state index contributed by atoms with van der Waals surface area (Å²) in [6.07, 6.45) is 0. The number of aromatic carboxylic acids is 1. The maximum Gasteiger partial charge on any atom is 0.339 e. The third kappa shape index (κ3) is 4.30. The number of benzene rings is 3. The molecule has 0 aromatic heterocycles. The van der Waals surface area contributed by atoms with Crippen molar-refractivity contribution in [2.75, 3.05) is 5.32 Å². The summed E-state index contributed by atoms with van der Waals surface area (Å²) in [6, 6.07) is 9.63. The number of hydrogen-bond donors (Lipinski definition) is 4. The van der Waals surface area contributed by atoms with Crippen LogP contribution in [0.25, 0.3) is 0 Å². The number of nitrogens with one attached hydrogen (secondary N) is 2. The first-order chi connectivity index (χ1) is 14.2. The van der Waals surface area contributed by atoms with E-state index in [0.717, 1.165) is 12.1 Å². The van der Waals surface area contributed by atoms with Crippen LogP contribution in [0.5, 0.6) is 5.75 Å². The van der Waals surface area contributed by atoms with Crippen LogP contribution in [0, 0.1) is 22.9 Å². The number of hydrogen-bond acceptors (Lipinski definition) is 4. The Kier molecular flexibility index (Phi) is 6.12. The van der Waals surface area contributed by atoms with Crippen molar-refractivity contribution in [3.63, 3.8) is 0 Å². The van der Waals surface area contributed by atoms with Gasteiger partial charge in [0.05, 0.1) is 11.3 Å². The third-order valence-electron chi connectivity index (χ3n) is 4.33. The Morgan fingerprint density at radius 3 is 2.40 bits per heavy atom. The molecule has 30 heavy (non-hydrogen) atoms. The number of rotatable bonds is 6. The monoisotopic (exact) mass is 478 g/mol. The van der Waals surface area contributed by atoms with Crippen LogP contribution < -0.4 is 5.32 Å². The molecule has 9 heteroatoms. The highest BCUT2D eigenvalue weighted by Gasteiger charge is 2.22. The van der Waals surface area contributed by atoms with E-state index in [9.17, 15) is 23.1 Å². The lowest BCUT2D eigenvalue weighted by atomic mass is 9.97. The molecule has 0 saturated heterocycles. The molecule has 0 spiro atoms. The Bertz CT molecular complexity index is 1170. The van der Waals surface area contributed by atoms with E-state index in [1.54, 1.807) is 6.07 Å². The van der Waals surface area contributed by atoms with Crippen molar-refractivity contribution in [1.29, 1.82) is 5.41 Å². The number of phenols is 1. The first-order valence-corrected chi connectivity index (χ1v) is 9.29. The van der Waals surface area contributed by atoms with Crippen LogP contribution in [0.3, 0.4) is 0 Å². The normalized spacial score (nSPS) is 10.7. The van der Waals surface area contributed by atoms with Crippen LogP contribution in [-0.2, 0) is 6.54 Å². The van der Waals surface area contributed by atoms with Crippen molar-refractivity contribution in [2.24, 2.45) is 0 Å². The van der Waals surface area contributed by atoms with E-state index in [1.165, 1.54) is 24.3 Å². The lowest BCUT2D eigenvalue weighted by molar-refractivity contribution is 0.0693. The van der Waals surface area contributed by atoms with Gasteiger partial charge in [-0.2, -0.15) is 0 Å². The second kappa shape index (κ2) is 8.58. The first-order valence-electron chi connectivity index (χ1n) is 8.50. The average Bonchev–Trinajstić information content (AvgIpc) is 2.68. The Hall–Kier alpha value is -3.33. The molecule has 0 unspecified atom stereocenters. The summed E-state index contributed by atoms with van der Waals surface area (Å²) in [5.74, 6) is -4.75. The fourth-order valence-corrected chi connectivity index (χ4v) is 3.17. The lowest BCUT2D eigenvalue weighted by Crippen LogP contribution is -2.13. The van der Waals surface area contributed by atoms with E-state index in [-0.39, 0.29) is 23.4 Å². The third-order valence-corrected chi connectivity index (χ3v) is 4.83. The summed E-state index contributed by atoms with van der Waals surface area (Å²) in [7, 11) is 0. The number of halogens is 4. The molecular weight excluding hydrogens is 465 g/mol. The zero-order valence-electron chi connectivity index (χ0n) is 15.1. The molecule has 3 rings (SSSR count). The minimum atomic E-state index is -1.55. The van der Waals surface area contributed by atoms with Crippen molar-refractivity contribution in [1.82, 2.24) is 0 Å². The molecule has 0 heterocycles. The van der Waals surface area contributed by atoms with E-state index in [2.05, 4.69) is 21.2 Å². The molecular formula is C21H14BrF3N2O3. The van der Waals surface area contributed by atoms with Crippen LogP contribution >= 0.6 is 15.9 Å². The van der Waals surface area contributed by atoms with Crippen LogP contribution in [0.4, 0.5) is 18.9 Å². The highest BCUT2D eigenvalue weighted by Crippen LogP contribution is 2.28. The van der Waals surface area contributed by atoms with Gasteiger partial charge in [-0.15, -0.1) is 0 Å². The van der Waals surface area contributed by atoms with Crippen LogP contribution in [0.1, 0.15) is 27.0 Å². The molecule has 0 aliphatic rings. The van der Waals surface area contributed by atoms with Crippen LogP contribution in [0.2, 0.25) is 0 Å². The molecule has 0 atom stereocenters. The Morgan fingerprint density at radius 2 is 1.73 bits per heavy atom. The zero-order valence-corrected chi connectivity index (χ0v) is 16.7. The second-order valence-electron chi connectivity index (χ2n) is 6.28. The predicted molar refractivity (Wildman–Crippen MR) is 109 cm³/mol. The van der Waals surface area contributed by atoms with Gasteiger partial charge in [0.25, 0.3) is 0 Å². The van der Waals surface area contributed by atoms with E-state index in [1.807, 2.05) is 0 Å². The largest absolute Gasteiger partial charge is 0.507 e. The molecule has 0 amide bonds. The standard InChI is InChI=1S/C21H14BrF3N2O3/c22-11-5-4-10(15(24)6-11)9-27-17-3-1-2-14(23)19(17)20(26)12-8-18(28)13(21(29)30)7-16(12)25/h1-8,26-28H,9H2,(H,29,30). The number of carboxylic acid groups (broad SMARTS) is 1. The Labute approximate surface area is 177 Å². The maximum absolute atomic E-state index is 14.5. The molecule has 0 aliphatic carbocycles. The zero-order chi connectivity index (χ0) is 22.0. The van der Waals surface area contributed by atoms with Gasteiger partial charge in [-0.05, 0) is 36.4 Å². The van der Waals surface area contributed by atoms with E-state index >= 15 is 0 Å². The molecule has 4 N–H and O–H groups in total. The van der Waals surface area contributed by atoms with Gasteiger partial charge in [0.1, 0.15) is 28.8 Å². The van der Waals surface area contributed by atoms with Crippen molar-refractivity contribution < 1.29 is 28.2 Å². The quantitative estimate of drug-likeness (QED) is 0.361. The highest BCUT2D eigenvalue weighted by atomic mass is 79.9. The molecule has 3 aromatic rings. The SMILES string of the molecule is N=C(c1cc(O)c(C(=O)O)cc1F)c1c(F)cccc1NCc1ccc(Br)cc1F. The predicted octanol–water partition coefficient (Wildman–Crippen LogP) is 5.30. The van der Waals surface area contributed by atoms with Gasteiger partial charge in [-0.25, -0.2) is 18.0 Å². The fraction of sp³-hybridized carbons (Fsp3) is 0.0476. The summed E-state index contributed by atoms with van der Waals surface area (Å²) in [4.78, 5) is 11.0. The Balaban J connectivity index is 1.98. The number of carbonyl (C=O) groups is 1. The fourth-order valence-electron chi connectivity index (χ4n) is 2.84. The first kappa shape index (κ1) is 21.4. The lowest BCUT2D eigenvalue weighted by Gasteiger charge is -2.15. The van der Waals surface area contributed by atoms with E-state index in [0.29, 0.717) is 10.5 Å². The van der Waals surface area contributed by atoms with Gasteiger partial charge in [-0.1, -0.05) is 28.1 Å². The second-order valence-corrected chi connectivity index (χ2v) is 7.20. The van der Waals surface area contributed by atoms with Crippen molar-refractivity contribution in [3.8, 4) is 5.75 Å². The topological polar surface area (TPSA) is 93.4 Å². The van der Waals surface area contributed by atoms with Gasteiger partial charge in [0, 0.05) is 27.8 Å². The molecule has 0 saturated carbocycles.